The van der Waals surface area contributed by atoms with E-state index in [4.69, 9.17) is 11.6 Å². The molecule has 0 aromatic heterocycles. The monoisotopic (exact) mass is 404 g/mol. The molecule has 1 atom stereocenters. The summed E-state index contributed by atoms with van der Waals surface area (Å²) >= 11 is 6.14. The zero-order valence-corrected chi connectivity index (χ0v) is 17.0. The molecule has 1 spiro atoms. The van der Waals surface area contributed by atoms with Gasteiger partial charge in [0.15, 0.2) is 0 Å². The molecule has 7 heteroatoms. The van der Waals surface area contributed by atoms with Crippen molar-refractivity contribution >= 4 is 23.4 Å². The van der Waals surface area contributed by atoms with Gasteiger partial charge >= 0.3 is 0 Å². The van der Waals surface area contributed by atoms with Crippen LogP contribution in [0.15, 0.2) is 24.3 Å². The van der Waals surface area contributed by atoms with Crippen LogP contribution in [0.3, 0.4) is 0 Å². The van der Waals surface area contributed by atoms with Gasteiger partial charge in [-0.25, -0.2) is 0 Å². The number of halogens is 1. The Morgan fingerprint density at radius 1 is 1.21 bits per heavy atom. The Morgan fingerprint density at radius 3 is 2.71 bits per heavy atom. The molecule has 2 saturated heterocycles. The van der Waals surface area contributed by atoms with Crippen molar-refractivity contribution in [2.24, 2.45) is 11.3 Å². The van der Waals surface area contributed by atoms with Gasteiger partial charge in [0.1, 0.15) is 0 Å². The molecular weight excluding hydrogens is 376 g/mol. The van der Waals surface area contributed by atoms with Crippen LogP contribution in [0, 0.1) is 11.3 Å². The maximum Gasteiger partial charge on any atom is 0.227 e. The third-order valence-electron chi connectivity index (χ3n) is 6.39. The van der Waals surface area contributed by atoms with Crippen LogP contribution in [0.25, 0.3) is 0 Å². The molecule has 2 N–H and O–H groups in total. The highest BCUT2D eigenvalue weighted by molar-refractivity contribution is 6.30. The minimum Gasteiger partial charge on any atom is -0.340 e. The number of benzene rings is 1. The number of amides is 2. The molecule has 2 amide bonds. The molecule has 1 aliphatic carbocycles. The Bertz CT molecular complexity index is 731. The van der Waals surface area contributed by atoms with Crippen LogP contribution in [-0.2, 0) is 16.1 Å². The van der Waals surface area contributed by atoms with Crippen LogP contribution >= 0.6 is 11.6 Å². The first-order valence-corrected chi connectivity index (χ1v) is 10.7. The lowest BCUT2D eigenvalue weighted by atomic mass is 9.91. The van der Waals surface area contributed by atoms with Crippen molar-refractivity contribution in [1.29, 1.82) is 0 Å². The fraction of sp³-hybridized carbons (Fsp3) is 0.619. The molecule has 1 saturated carbocycles. The smallest absolute Gasteiger partial charge is 0.227 e. The summed E-state index contributed by atoms with van der Waals surface area (Å²) in [6.07, 6.45) is 2.63. The predicted octanol–water partition coefficient (Wildman–Crippen LogP) is 1.49. The molecule has 1 aromatic rings. The van der Waals surface area contributed by atoms with Gasteiger partial charge in [-0.15, -0.1) is 0 Å². The predicted molar refractivity (Wildman–Crippen MR) is 109 cm³/mol. The van der Waals surface area contributed by atoms with Crippen molar-refractivity contribution < 1.29 is 9.59 Å². The first kappa shape index (κ1) is 19.7. The van der Waals surface area contributed by atoms with E-state index in [1.165, 1.54) is 0 Å². The average Bonchev–Trinajstić information content (AvgIpc) is 3.36. The molecule has 1 aromatic carbocycles. The molecule has 2 aliphatic heterocycles. The minimum absolute atomic E-state index is 0.0287. The van der Waals surface area contributed by atoms with Gasteiger partial charge in [0.2, 0.25) is 11.8 Å². The third-order valence-corrected chi connectivity index (χ3v) is 6.63. The first-order chi connectivity index (χ1) is 13.6. The highest BCUT2D eigenvalue weighted by Gasteiger charge is 2.55. The Balaban J connectivity index is 1.44. The number of hydrogen-bond acceptors (Lipinski definition) is 4. The molecule has 6 nitrogen and oxygen atoms in total. The van der Waals surface area contributed by atoms with Crippen LogP contribution in [0.1, 0.15) is 24.8 Å². The Morgan fingerprint density at radius 2 is 2.00 bits per heavy atom. The lowest BCUT2D eigenvalue weighted by Crippen LogP contribution is -2.47. The minimum atomic E-state index is 0.0287. The summed E-state index contributed by atoms with van der Waals surface area (Å²) in [7, 11) is 0. The molecule has 3 aliphatic rings. The van der Waals surface area contributed by atoms with Gasteiger partial charge in [-0.3, -0.25) is 9.59 Å². The molecular formula is C21H29ClN4O2. The van der Waals surface area contributed by atoms with Gasteiger partial charge < -0.3 is 20.4 Å². The number of rotatable bonds is 6. The maximum atomic E-state index is 13.4. The normalized spacial score (nSPS) is 23.0. The van der Waals surface area contributed by atoms with Crippen molar-refractivity contribution in [2.75, 3.05) is 45.8 Å². The molecule has 0 radical (unpaired) electrons. The van der Waals surface area contributed by atoms with Crippen LogP contribution in [-0.4, -0.2) is 67.4 Å². The lowest BCUT2D eigenvalue weighted by molar-refractivity contribution is -0.138. The van der Waals surface area contributed by atoms with Gasteiger partial charge in [0, 0.05) is 63.8 Å². The fourth-order valence-electron chi connectivity index (χ4n) is 4.49. The van der Waals surface area contributed by atoms with Gasteiger partial charge in [-0.2, -0.15) is 0 Å². The lowest BCUT2D eigenvalue weighted by Gasteiger charge is -2.31. The van der Waals surface area contributed by atoms with Crippen molar-refractivity contribution in [2.45, 2.75) is 25.8 Å². The van der Waals surface area contributed by atoms with Gasteiger partial charge in [0.25, 0.3) is 0 Å². The SMILES string of the molecule is O=C(CCN(Cc1cccc(Cl)c1)C(=O)[C@@H]1CNCC12CC2)N1CCNCC1. The summed E-state index contributed by atoms with van der Waals surface area (Å²) < 4.78 is 0. The quantitative estimate of drug-likeness (QED) is 0.754. The van der Waals surface area contributed by atoms with E-state index in [1.807, 2.05) is 34.1 Å². The van der Waals surface area contributed by atoms with Crippen LogP contribution in [0.2, 0.25) is 5.02 Å². The van der Waals surface area contributed by atoms with E-state index in [9.17, 15) is 9.59 Å². The highest BCUT2D eigenvalue weighted by atomic mass is 35.5. The topological polar surface area (TPSA) is 64.7 Å². The number of hydrogen-bond donors (Lipinski definition) is 2. The summed E-state index contributed by atoms with van der Waals surface area (Å²) in [6.45, 7) is 5.82. The zero-order valence-electron chi connectivity index (χ0n) is 16.3. The van der Waals surface area contributed by atoms with E-state index in [0.29, 0.717) is 24.5 Å². The second-order valence-electron chi connectivity index (χ2n) is 8.32. The third kappa shape index (κ3) is 4.34. The fourth-order valence-corrected chi connectivity index (χ4v) is 4.70. The summed E-state index contributed by atoms with van der Waals surface area (Å²) in [6, 6.07) is 7.64. The molecule has 0 bridgehead atoms. The van der Waals surface area contributed by atoms with E-state index >= 15 is 0 Å². The van der Waals surface area contributed by atoms with Gasteiger partial charge in [-0.1, -0.05) is 23.7 Å². The van der Waals surface area contributed by atoms with E-state index < -0.39 is 0 Å². The molecule has 4 rings (SSSR count). The van der Waals surface area contributed by atoms with E-state index in [1.54, 1.807) is 0 Å². The van der Waals surface area contributed by atoms with Crippen molar-refractivity contribution in [1.82, 2.24) is 20.4 Å². The highest BCUT2D eigenvalue weighted by Crippen LogP contribution is 2.54. The molecule has 28 heavy (non-hydrogen) atoms. The summed E-state index contributed by atoms with van der Waals surface area (Å²) in [4.78, 5) is 29.8. The van der Waals surface area contributed by atoms with Crippen LogP contribution in [0.5, 0.6) is 0 Å². The van der Waals surface area contributed by atoms with Crippen molar-refractivity contribution in [3.8, 4) is 0 Å². The second-order valence-corrected chi connectivity index (χ2v) is 8.75. The Kier molecular flexibility index (Phi) is 5.90. The van der Waals surface area contributed by atoms with Crippen LogP contribution < -0.4 is 10.6 Å². The molecule has 0 unspecified atom stereocenters. The number of nitrogens with one attached hydrogen (secondary N) is 2. The molecule has 152 valence electrons. The molecule has 2 heterocycles. The van der Waals surface area contributed by atoms with Crippen LogP contribution in [0.4, 0.5) is 0 Å². The van der Waals surface area contributed by atoms with Gasteiger partial charge in [-0.05, 0) is 36.0 Å². The average molecular weight is 405 g/mol. The zero-order chi connectivity index (χ0) is 19.6. The largest absolute Gasteiger partial charge is 0.340 e. The number of piperazine rings is 1. The number of carbonyl (C=O) groups is 2. The second kappa shape index (κ2) is 8.39. The van der Waals surface area contributed by atoms with E-state index in [-0.39, 0.29) is 23.1 Å². The number of carbonyl (C=O) groups excluding carboxylic acids is 2. The van der Waals surface area contributed by atoms with Gasteiger partial charge in [0.05, 0.1) is 5.92 Å². The number of nitrogens with zero attached hydrogens (tertiary/aromatic N) is 2. The summed E-state index contributed by atoms with van der Waals surface area (Å²) in [5.41, 5.74) is 1.16. The van der Waals surface area contributed by atoms with E-state index in [0.717, 1.165) is 57.7 Å². The standard InChI is InChI=1S/C21H29ClN4O2/c22-17-3-1-2-16(12-17)14-26(9-4-19(27)25-10-7-23-8-11-25)20(28)18-13-24-15-21(18)5-6-21/h1-3,12,18,23-24H,4-11,13-15H2/t18-/m0/s1. The Labute approximate surface area is 171 Å². The van der Waals surface area contributed by atoms with E-state index in [2.05, 4.69) is 10.6 Å². The first-order valence-electron chi connectivity index (χ1n) is 10.3. The summed E-state index contributed by atoms with van der Waals surface area (Å²) in [5.74, 6) is 0.340. The van der Waals surface area contributed by atoms with Crippen molar-refractivity contribution in [3.05, 3.63) is 34.9 Å². The summed E-state index contributed by atoms with van der Waals surface area (Å²) in [5, 5.41) is 7.33. The Hall–Kier alpha value is -1.63. The van der Waals surface area contributed by atoms with Crippen molar-refractivity contribution in [3.63, 3.8) is 0 Å². The maximum absolute atomic E-state index is 13.4. The molecule has 3 fully saturated rings.